The SMILES string of the molecule is C=CCn1c(COc2ccccc2)nnc1SCc1ccc(C)cc1. The van der Waals surface area contributed by atoms with Crippen molar-refractivity contribution in [1.29, 1.82) is 0 Å². The molecule has 0 spiro atoms. The first kappa shape index (κ1) is 17.3. The van der Waals surface area contributed by atoms with Gasteiger partial charge in [0.05, 0.1) is 0 Å². The fraction of sp³-hybridized carbons (Fsp3) is 0.200. The molecule has 3 rings (SSSR count). The summed E-state index contributed by atoms with van der Waals surface area (Å²) in [6.45, 7) is 6.98. The van der Waals surface area contributed by atoms with E-state index in [2.05, 4.69) is 52.5 Å². The van der Waals surface area contributed by atoms with E-state index in [0.717, 1.165) is 22.5 Å². The molecule has 0 unspecified atom stereocenters. The van der Waals surface area contributed by atoms with Gasteiger partial charge >= 0.3 is 0 Å². The summed E-state index contributed by atoms with van der Waals surface area (Å²) in [7, 11) is 0. The van der Waals surface area contributed by atoms with Crippen LogP contribution in [-0.2, 0) is 18.9 Å². The minimum atomic E-state index is 0.385. The predicted molar refractivity (Wildman–Crippen MR) is 102 cm³/mol. The predicted octanol–water partition coefficient (Wildman–Crippen LogP) is 4.64. The highest BCUT2D eigenvalue weighted by atomic mass is 32.2. The second kappa shape index (κ2) is 8.53. The van der Waals surface area contributed by atoms with Crippen molar-refractivity contribution in [3.8, 4) is 5.75 Å². The monoisotopic (exact) mass is 351 g/mol. The minimum Gasteiger partial charge on any atom is -0.486 e. The zero-order valence-electron chi connectivity index (χ0n) is 14.3. The van der Waals surface area contributed by atoms with Crippen LogP contribution in [0.4, 0.5) is 0 Å². The number of rotatable bonds is 8. The summed E-state index contributed by atoms with van der Waals surface area (Å²) in [5, 5.41) is 9.50. The summed E-state index contributed by atoms with van der Waals surface area (Å²) in [5.41, 5.74) is 2.54. The number of aryl methyl sites for hydroxylation is 1. The summed E-state index contributed by atoms with van der Waals surface area (Å²) in [6, 6.07) is 18.3. The largest absolute Gasteiger partial charge is 0.486 e. The van der Waals surface area contributed by atoms with Gasteiger partial charge in [0.1, 0.15) is 12.4 Å². The van der Waals surface area contributed by atoms with Crippen LogP contribution in [-0.4, -0.2) is 14.8 Å². The van der Waals surface area contributed by atoms with Crippen LogP contribution >= 0.6 is 11.8 Å². The first-order valence-electron chi connectivity index (χ1n) is 8.15. The van der Waals surface area contributed by atoms with Crippen LogP contribution in [0.3, 0.4) is 0 Å². The van der Waals surface area contributed by atoms with Crippen molar-refractivity contribution >= 4 is 11.8 Å². The van der Waals surface area contributed by atoms with Gasteiger partial charge in [-0.3, -0.25) is 4.57 Å². The van der Waals surface area contributed by atoms with Crippen LogP contribution in [0.2, 0.25) is 0 Å². The van der Waals surface area contributed by atoms with Crippen molar-refractivity contribution in [2.75, 3.05) is 0 Å². The van der Waals surface area contributed by atoms with Gasteiger partial charge in [0.15, 0.2) is 11.0 Å². The summed E-state index contributed by atoms with van der Waals surface area (Å²) in [5.74, 6) is 2.48. The molecule has 0 saturated heterocycles. The number of hydrogen-bond acceptors (Lipinski definition) is 4. The molecule has 25 heavy (non-hydrogen) atoms. The van der Waals surface area contributed by atoms with Crippen molar-refractivity contribution in [3.63, 3.8) is 0 Å². The first-order valence-corrected chi connectivity index (χ1v) is 9.14. The molecule has 0 saturated carbocycles. The average Bonchev–Trinajstić information content (AvgIpc) is 3.03. The van der Waals surface area contributed by atoms with E-state index in [4.69, 9.17) is 4.74 Å². The second-order valence-corrected chi connectivity index (χ2v) is 6.62. The van der Waals surface area contributed by atoms with Crippen molar-refractivity contribution in [2.24, 2.45) is 0 Å². The summed E-state index contributed by atoms with van der Waals surface area (Å²) < 4.78 is 7.85. The molecular formula is C20H21N3OS. The zero-order chi connectivity index (χ0) is 17.5. The van der Waals surface area contributed by atoms with Crippen molar-refractivity contribution in [3.05, 3.63) is 84.2 Å². The topological polar surface area (TPSA) is 39.9 Å². The fourth-order valence-corrected chi connectivity index (χ4v) is 3.26. The van der Waals surface area contributed by atoms with E-state index in [1.165, 1.54) is 11.1 Å². The maximum absolute atomic E-state index is 5.80. The molecule has 0 amide bonds. The highest BCUT2D eigenvalue weighted by Crippen LogP contribution is 2.23. The Hall–Kier alpha value is -2.53. The molecule has 4 nitrogen and oxygen atoms in total. The van der Waals surface area contributed by atoms with Gasteiger partial charge in [0.25, 0.3) is 0 Å². The average molecular weight is 351 g/mol. The third-order valence-electron chi connectivity index (χ3n) is 3.70. The Morgan fingerprint density at radius 2 is 1.84 bits per heavy atom. The number of allylic oxidation sites excluding steroid dienone is 1. The van der Waals surface area contributed by atoms with Gasteiger partial charge in [-0.15, -0.1) is 16.8 Å². The van der Waals surface area contributed by atoms with Gasteiger partial charge in [-0.05, 0) is 24.6 Å². The molecular weight excluding hydrogens is 330 g/mol. The number of nitrogens with zero attached hydrogens (tertiary/aromatic N) is 3. The molecule has 0 aliphatic rings. The van der Waals surface area contributed by atoms with Crippen LogP contribution in [0.25, 0.3) is 0 Å². The molecule has 1 aromatic heterocycles. The van der Waals surface area contributed by atoms with Crippen LogP contribution in [0.1, 0.15) is 17.0 Å². The Labute approximate surface area is 152 Å². The lowest BCUT2D eigenvalue weighted by molar-refractivity contribution is 0.289. The van der Waals surface area contributed by atoms with Crippen LogP contribution in [0, 0.1) is 6.92 Å². The highest BCUT2D eigenvalue weighted by molar-refractivity contribution is 7.98. The third kappa shape index (κ3) is 4.73. The summed E-state index contributed by atoms with van der Waals surface area (Å²) in [4.78, 5) is 0. The molecule has 0 atom stereocenters. The second-order valence-electron chi connectivity index (χ2n) is 5.67. The molecule has 128 valence electrons. The van der Waals surface area contributed by atoms with E-state index in [1.54, 1.807) is 11.8 Å². The maximum atomic E-state index is 5.80. The van der Waals surface area contributed by atoms with E-state index >= 15 is 0 Å². The number of hydrogen-bond donors (Lipinski definition) is 0. The van der Waals surface area contributed by atoms with Gasteiger partial charge in [0.2, 0.25) is 0 Å². The highest BCUT2D eigenvalue weighted by Gasteiger charge is 2.12. The molecule has 0 aliphatic heterocycles. The number of benzene rings is 2. The van der Waals surface area contributed by atoms with Gasteiger partial charge in [-0.2, -0.15) is 0 Å². The van der Waals surface area contributed by atoms with Crippen molar-refractivity contribution in [2.45, 2.75) is 31.0 Å². The quantitative estimate of drug-likeness (QED) is 0.438. The Bertz CT molecular complexity index is 813. The molecule has 2 aromatic carbocycles. The number of para-hydroxylation sites is 1. The first-order chi connectivity index (χ1) is 12.3. The molecule has 0 fully saturated rings. The zero-order valence-corrected chi connectivity index (χ0v) is 15.1. The molecule has 3 aromatic rings. The van der Waals surface area contributed by atoms with E-state index in [1.807, 2.05) is 36.4 Å². The molecule has 0 radical (unpaired) electrons. The lowest BCUT2D eigenvalue weighted by atomic mass is 10.2. The molecule has 0 N–H and O–H groups in total. The van der Waals surface area contributed by atoms with Crippen LogP contribution in [0.15, 0.2) is 72.4 Å². The minimum absolute atomic E-state index is 0.385. The standard InChI is InChI=1S/C20H21N3OS/c1-3-13-23-19(14-24-18-7-5-4-6-8-18)21-22-20(23)25-15-17-11-9-16(2)10-12-17/h3-12H,1,13-15H2,2H3. The van der Waals surface area contributed by atoms with E-state index in [0.29, 0.717) is 13.2 Å². The summed E-state index contributed by atoms with van der Waals surface area (Å²) >= 11 is 1.67. The Morgan fingerprint density at radius 3 is 2.56 bits per heavy atom. The normalized spacial score (nSPS) is 10.6. The van der Waals surface area contributed by atoms with Crippen molar-refractivity contribution in [1.82, 2.24) is 14.8 Å². The lowest BCUT2D eigenvalue weighted by Gasteiger charge is -2.09. The van der Waals surface area contributed by atoms with Gasteiger partial charge in [0, 0.05) is 12.3 Å². The van der Waals surface area contributed by atoms with Gasteiger partial charge in [-0.1, -0.05) is 65.9 Å². The van der Waals surface area contributed by atoms with Gasteiger partial charge < -0.3 is 4.74 Å². The molecule has 5 heteroatoms. The van der Waals surface area contributed by atoms with Crippen LogP contribution in [0.5, 0.6) is 5.75 Å². The number of aromatic nitrogens is 3. The maximum Gasteiger partial charge on any atom is 0.191 e. The molecule has 0 aliphatic carbocycles. The lowest BCUT2D eigenvalue weighted by Crippen LogP contribution is -2.07. The smallest absolute Gasteiger partial charge is 0.191 e. The summed E-state index contributed by atoms with van der Waals surface area (Å²) in [6.07, 6.45) is 1.85. The molecule has 1 heterocycles. The Balaban J connectivity index is 1.68. The Morgan fingerprint density at radius 1 is 1.08 bits per heavy atom. The van der Waals surface area contributed by atoms with Crippen LogP contribution < -0.4 is 4.74 Å². The number of ether oxygens (including phenoxy) is 1. The number of thioether (sulfide) groups is 1. The van der Waals surface area contributed by atoms with E-state index in [-0.39, 0.29) is 0 Å². The third-order valence-corrected chi connectivity index (χ3v) is 4.74. The fourth-order valence-electron chi connectivity index (χ4n) is 2.34. The molecule has 0 bridgehead atoms. The van der Waals surface area contributed by atoms with Crippen molar-refractivity contribution < 1.29 is 4.74 Å². The Kier molecular flexibility index (Phi) is 5.90. The van der Waals surface area contributed by atoms with Gasteiger partial charge in [-0.25, -0.2) is 0 Å². The van der Waals surface area contributed by atoms with E-state index < -0.39 is 0 Å². The van der Waals surface area contributed by atoms with E-state index in [9.17, 15) is 0 Å².